The Morgan fingerprint density at radius 3 is 2.35 bits per heavy atom. The Balaban J connectivity index is 2.21. The molecule has 1 fully saturated rings. The Kier molecular flexibility index (Phi) is 3.78. The molecule has 0 saturated carbocycles. The van der Waals surface area contributed by atoms with Gasteiger partial charge in [0.2, 0.25) is 0 Å². The molecule has 2 unspecified atom stereocenters. The molecule has 1 saturated heterocycles. The number of carbonyl (C=O) groups is 1. The van der Waals surface area contributed by atoms with Crippen LogP contribution < -0.4 is 9.64 Å². The zero-order chi connectivity index (χ0) is 14.9. The minimum Gasteiger partial charge on any atom is -0.497 e. The third-order valence-corrected chi connectivity index (χ3v) is 3.04. The van der Waals surface area contributed by atoms with Crippen molar-refractivity contribution in [3.8, 4) is 5.75 Å². The molecule has 0 radical (unpaired) electrons. The normalized spacial score (nSPS) is 21.6. The maximum absolute atomic E-state index is 12.9. The van der Waals surface area contributed by atoms with E-state index in [2.05, 4.69) is 4.74 Å². The Hall–Kier alpha value is -1.92. The molecule has 110 valence electrons. The predicted octanol–water partition coefficient (Wildman–Crippen LogP) is 2.38. The van der Waals surface area contributed by atoms with Gasteiger partial charge in [0.15, 0.2) is 12.1 Å². The van der Waals surface area contributed by atoms with Crippen molar-refractivity contribution in [3.05, 3.63) is 24.3 Å². The van der Waals surface area contributed by atoms with Crippen molar-refractivity contribution in [2.24, 2.45) is 0 Å². The van der Waals surface area contributed by atoms with Crippen LogP contribution in [0.2, 0.25) is 0 Å². The molecule has 7 heteroatoms. The van der Waals surface area contributed by atoms with E-state index < -0.39 is 24.2 Å². The molecule has 0 bridgehead atoms. The van der Waals surface area contributed by atoms with Crippen LogP contribution in [0.25, 0.3) is 0 Å². The Morgan fingerprint density at radius 2 is 1.90 bits per heavy atom. The van der Waals surface area contributed by atoms with E-state index in [-0.39, 0.29) is 6.61 Å². The van der Waals surface area contributed by atoms with Crippen molar-refractivity contribution in [2.45, 2.75) is 25.2 Å². The Bertz CT molecular complexity index is 487. The lowest BCUT2D eigenvalue weighted by Gasteiger charge is -2.08. The highest BCUT2D eigenvalue weighted by molar-refractivity contribution is 5.88. The first-order valence-electron chi connectivity index (χ1n) is 6.06. The van der Waals surface area contributed by atoms with Crippen molar-refractivity contribution < 1.29 is 27.4 Å². The van der Waals surface area contributed by atoms with E-state index in [1.807, 2.05) is 0 Å². The topological polar surface area (TPSA) is 38.5 Å². The van der Waals surface area contributed by atoms with Crippen molar-refractivity contribution in [3.63, 3.8) is 0 Å². The lowest BCUT2D eigenvalue weighted by molar-refractivity contribution is -0.149. The van der Waals surface area contributed by atoms with Crippen LogP contribution in [0, 0.1) is 0 Å². The summed E-state index contributed by atoms with van der Waals surface area (Å²) >= 11 is 0. The largest absolute Gasteiger partial charge is 0.497 e. The van der Waals surface area contributed by atoms with Gasteiger partial charge in [-0.1, -0.05) is 0 Å². The van der Waals surface area contributed by atoms with Crippen LogP contribution in [0.15, 0.2) is 24.3 Å². The average molecular weight is 289 g/mol. The lowest BCUT2D eigenvalue weighted by atomic mass is 10.3. The zero-order valence-electron chi connectivity index (χ0n) is 11.0. The summed E-state index contributed by atoms with van der Waals surface area (Å²) in [6, 6.07) is 2.93. The van der Waals surface area contributed by atoms with Crippen LogP contribution in [0.1, 0.15) is 6.92 Å². The van der Waals surface area contributed by atoms with Gasteiger partial charge in [-0.2, -0.15) is 13.2 Å². The van der Waals surface area contributed by atoms with E-state index in [9.17, 15) is 18.0 Å². The summed E-state index contributed by atoms with van der Waals surface area (Å²) in [6.07, 6.45) is -4.47. The Labute approximate surface area is 114 Å². The number of anilines is 1. The van der Waals surface area contributed by atoms with Crippen LogP contribution in [-0.4, -0.2) is 37.9 Å². The fourth-order valence-electron chi connectivity index (χ4n) is 2.11. The molecule has 1 aliphatic rings. The highest BCUT2D eigenvalue weighted by Gasteiger charge is 2.67. The van der Waals surface area contributed by atoms with Crippen LogP contribution in [0.3, 0.4) is 0 Å². The predicted molar refractivity (Wildman–Crippen MR) is 65.7 cm³/mol. The molecule has 2 rings (SSSR count). The number of esters is 1. The fourth-order valence-corrected chi connectivity index (χ4v) is 2.11. The first-order valence-corrected chi connectivity index (χ1v) is 6.06. The van der Waals surface area contributed by atoms with Gasteiger partial charge in [-0.25, -0.2) is 4.79 Å². The van der Waals surface area contributed by atoms with Gasteiger partial charge in [-0.3, -0.25) is 0 Å². The third-order valence-electron chi connectivity index (χ3n) is 3.04. The smallest absolute Gasteiger partial charge is 0.411 e. The molecule has 0 aliphatic carbocycles. The van der Waals surface area contributed by atoms with Crippen molar-refractivity contribution >= 4 is 11.7 Å². The average Bonchev–Trinajstić information content (AvgIpc) is 3.14. The molecule has 0 amide bonds. The number of hydrogen-bond acceptors (Lipinski definition) is 4. The summed E-state index contributed by atoms with van der Waals surface area (Å²) < 4.78 is 48.3. The van der Waals surface area contributed by atoms with Gasteiger partial charge in [0, 0.05) is 5.69 Å². The first-order chi connectivity index (χ1) is 9.40. The van der Waals surface area contributed by atoms with E-state index >= 15 is 0 Å². The molecule has 1 aromatic rings. The maximum atomic E-state index is 12.9. The summed E-state index contributed by atoms with van der Waals surface area (Å²) in [5, 5.41) is 0. The number of ether oxygens (including phenoxy) is 2. The summed E-state index contributed by atoms with van der Waals surface area (Å²) in [7, 11) is 1.46. The molecule has 20 heavy (non-hydrogen) atoms. The lowest BCUT2D eigenvalue weighted by Crippen LogP contribution is -2.24. The molecule has 1 aliphatic heterocycles. The highest BCUT2D eigenvalue weighted by atomic mass is 19.4. The van der Waals surface area contributed by atoms with Gasteiger partial charge in [0.1, 0.15) is 5.75 Å². The molecule has 1 aromatic carbocycles. The van der Waals surface area contributed by atoms with E-state index in [4.69, 9.17) is 4.74 Å². The molecular weight excluding hydrogens is 275 g/mol. The Morgan fingerprint density at radius 1 is 1.30 bits per heavy atom. The standard InChI is InChI=1S/C13H14F3NO3/c1-3-20-12(18)10-11(13(14,15)16)17(10)8-4-6-9(19-2)7-5-8/h4-7,10-11H,3H2,1-2H3. The summed E-state index contributed by atoms with van der Waals surface area (Å²) in [5.74, 6) is -0.322. The molecule has 4 nitrogen and oxygen atoms in total. The van der Waals surface area contributed by atoms with Gasteiger partial charge in [0.25, 0.3) is 0 Å². The third kappa shape index (κ3) is 2.66. The van der Waals surface area contributed by atoms with Crippen LogP contribution in [0.5, 0.6) is 5.75 Å². The van der Waals surface area contributed by atoms with E-state index in [0.717, 1.165) is 4.90 Å². The van der Waals surface area contributed by atoms with E-state index in [1.165, 1.54) is 19.2 Å². The van der Waals surface area contributed by atoms with E-state index in [0.29, 0.717) is 11.4 Å². The number of hydrogen-bond donors (Lipinski definition) is 0. The first kappa shape index (κ1) is 14.5. The summed E-state index contributed by atoms with van der Waals surface area (Å²) in [4.78, 5) is 12.6. The fraction of sp³-hybridized carbons (Fsp3) is 0.462. The van der Waals surface area contributed by atoms with Crippen LogP contribution >= 0.6 is 0 Å². The monoisotopic (exact) mass is 289 g/mol. The number of benzene rings is 1. The number of rotatable bonds is 4. The van der Waals surface area contributed by atoms with Crippen molar-refractivity contribution in [2.75, 3.05) is 18.6 Å². The second kappa shape index (κ2) is 5.22. The van der Waals surface area contributed by atoms with Crippen LogP contribution in [0.4, 0.5) is 18.9 Å². The molecule has 0 aromatic heterocycles. The number of alkyl halides is 3. The molecular formula is C13H14F3NO3. The highest BCUT2D eigenvalue weighted by Crippen LogP contribution is 2.45. The van der Waals surface area contributed by atoms with Gasteiger partial charge >= 0.3 is 12.1 Å². The zero-order valence-corrected chi connectivity index (χ0v) is 11.0. The minimum absolute atomic E-state index is 0.0519. The van der Waals surface area contributed by atoms with Crippen LogP contribution in [-0.2, 0) is 9.53 Å². The minimum atomic E-state index is -4.47. The van der Waals surface area contributed by atoms with Gasteiger partial charge < -0.3 is 14.4 Å². The second-order valence-corrected chi connectivity index (χ2v) is 4.29. The van der Waals surface area contributed by atoms with Gasteiger partial charge in [0.05, 0.1) is 13.7 Å². The number of methoxy groups -OCH3 is 1. The molecule has 0 spiro atoms. The quantitative estimate of drug-likeness (QED) is 0.630. The maximum Gasteiger partial charge on any atom is 0.411 e. The number of carbonyl (C=O) groups excluding carboxylic acids is 1. The number of halogens is 3. The summed E-state index contributed by atoms with van der Waals surface area (Å²) in [5.41, 5.74) is 0.311. The molecule has 2 atom stereocenters. The van der Waals surface area contributed by atoms with Crippen molar-refractivity contribution in [1.29, 1.82) is 0 Å². The summed E-state index contributed by atoms with van der Waals surface area (Å²) in [6.45, 7) is 1.61. The van der Waals surface area contributed by atoms with Gasteiger partial charge in [-0.05, 0) is 31.2 Å². The molecule has 0 N–H and O–H groups in total. The van der Waals surface area contributed by atoms with Gasteiger partial charge in [-0.15, -0.1) is 0 Å². The number of nitrogens with zero attached hydrogens (tertiary/aromatic N) is 1. The SMILES string of the molecule is CCOC(=O)C1C(C(F)(F)F)N1c1ccc(OC)cc1. The molecule has 1 heterocycles. The second-order valence-electron chi connectivity index (χ2n) is 4.29. The van der Waals surface area contributed by atoms with Crippen molar-refractivity contribution in [1.82, 2.24) is 0 Å². The van der Waals surface area contributed by atoms with E-state index in [1.54, 1.807) is 19.1 Å².